The first-order chi connectivity index (χ1) is 10.2. The summed E-state index contributed by atoms with van der Waals surface area (Å²) in [5.74, 6) is 0. The first kappa shape index (κ1) is 16.3. The Morgan fingerprint density at radius 3 is 1.71 bits per heavy atom. The molecule has 0 aromatic carbocycles. The summed E-state index contributed by atoms with van der Waals surface area (Å²) < 4.78 is 5.69. The molecule has 4 heteroatoms. The van der Waals surface area contributed by atoms with Gasteiger partial charge in [0.05, 0.1) is 5.66 Å². The van der Waals surface area contributed by atoms with Crippen LogP contribution in [-0.2, 0) is 0 Å². The topological polar surface area (TPSA) is 6.48 Å². The Hall–Kier alpha value is 0.415. The van der Waals surface area contributed by atoms with Crippen LogP contribution >= 0.6 is 7.44 Å². The minimum absolute atomic E-state index is 0.766. The summed E-state index contributed by atoms with van der Waals surface area (Å²) in [6, 6.07) is 1.53. The zero-order chi connectivity index (χ0) is 14.9. The van der Waals surface area contributed by atoms with Gasteiger partial charge in [0, 0.05) is 25.2 Å². The van der Waals surface area contributed by atoms with E-state index in [1.807, 2.05) is 0 Å². The summed E-state index contributed by atoms with van der Waals surface area (Å²) in [5.41, 5.74) is 0.803. The highest BCUT2D eigenvalue weighted by molar-refractivity contribution is 7.94. The Morgan fingerprint density at radius 2 is 1.29 bits per heavy atom. The van der Waals surface area contributed by atoms with Crippen LogP contribution in [0.3, 0.4) is 0 Å². The molecule has 2 heterocycles. The zero-order valence-corrected chi connectivity index (χ0v) is 15.0. The van der Waals surface area contributed by atoms with Crippen LogP contribution in [0.2, 0.25) is 0 Å². The lowest BCUT2D eigenvalue weighted by atomic mass is 10.2. The van der Waals surface area contributed by atoms with Crippen LogP contribution in [-0.4, -0.2) is 47.7 Å². The fourth-order valence-corrected chi connectivity index (χ4v) is 9.95. The Bertz CT molecular complexity index is 324. The van der Waals surface area contributed by atoms with Gasteiger partial charge in [0.2, 0.25) is 0 Å². The van der Waals surface area contributed by atoms with Gasteiger partial charge in [0.1, 0.15) is 7.44 Å². The highest BCUT2D eigenvalue weighted by Gasteiger charge is 2.57. The Labute approximate surface area is 133 Å². The summed E-state index contributed by atoms with van der Waals surface area (Å²) in [5, 5.41) is 0. The molecule has 0 amide bonds. The molecule has 2 saturated heterocycles. The van der Waals surface area contributed by atoms with E-state index in [1.165, 1.54) is 77.3 Å². The van der Waals surface area contributed by atoms with Crippen LogP contribution in [0.15, 0.2) is 0 Å². The lowest BCUT2D eigenvalue weighted by molar-refractivity contribution is 0.331. The second kappa shape index (κ2) is 6.89. The molecule has 3 rings (SSSR count). The third-order valence-corrected chi connectivity index (χ3v) is 10.6. The van der Waals surface area contributed by atoms with Crippen molar-refractivity contribution in [3.05, 3.63) is 0 Å². The fourth-order valence-electron chi connectivity index (χ4n) is 5.17. The SMILES string of the molecule is [B][P+](C1CCCC1)(N1CCC[C@@H]1CC)N1CCC[C@@H]1CC. The summed E-state index contributed by atoms with van der Waals surface area (Å²) in [6.07, 6.45) is 13.7. The van der Waals surface area contributed by atoms with Gasteiger partial charge in [0.15, 0.2) is 0 Å². The predicted octanol–water partition coefficient (Wildman–Crippen LogP) is 4.61. The summed E-state index contributed by atoms with van der Waals surface area (Å²) in [7, 11) is 5.82. The summed E-state index contributed by atoms with van der Waals surface area (Å²) in [6.45, 7) is 7.27. The van der Waals surface area contributed by atoms with Crippen molar-refractivity contribution in [2.45, 2.75) is 95.8 Å². The van der Waals surface area contributed by atoms with Crippen LogP contribution in [0.1, 0.15) is 78.1 Å². The van der Waals surface area contributed by atoms with E-state index in [4.69, 9.17) is 7.57 Å². The lowest BCUT2D eigenvalue weighted by Gasteiger charge is -2.46. The van der Waals surface area contributed by atoms with Crippen LogP contribution in [0.25, 0.3) is 0 Å². The molecule has 0 spiro atoms. The second-order valence-electron chi connectivity index (χ2n) is 7.37. The normalized spacial score (nSPS) is 33.2. The molecular formula is C17H33BN2P+. The molecule has 2 radical (unpaired) electrons. The molecule has 3 fully saturated rings. The van der Waals surface area contributed by atoms with E-state index in [2.05, 4.69) is 23.2 Å². The van der Waals surface area contributed by atoms with E-state index in [1.54, 1.807) is 0 Å². The van der Waals surface area contributed by atoms with Crippen molar-refractivity contribution in [2.75, 3.05) is 13.1 Å². The van der Waals surface area contributed by atoms with Gasteiger partial charge in [-0.2, -0.15) is 9.34 Å². The van der Waals surface area contributed by atoms with Gasteiger partial charge in [-0.15, -0.1) is 0 Å². The van der Waals surface area contributed by atoms with Gasteiger partial charge < -0.3 is 0 Å². The van der Waals surface area contributed by atoms with Gasteiger partial charge in [-0.3, -0.25) is 0 Å². The minimum atomic E-state index is -1.59. The first-order valence-corrected chi connectivity index (χ1v) is 11.3. The maximum absolute atomic E-state index is 7.41. The van der Waals surface area contributed by atoms with Crippen molar-refractivity contribution in [2.24, 2.45) is 0 Å². The average Bonchev–Trinajstić information content (AvgIpc) is 3.26. The molecule has 2 aliphatic heterocycles. The van der Waals surface area contributed by atoms with Crippen LogP contribution in [0.5, 0.6) is 0 Å². The van der Waals surface area contributed by atoms with Crippen LogP contribution in [0, 0.1) is 0 Å². The Balaban J connectivity index is 1.90. The molecule has 3 aliphatic rings. The van der Waals surface area contributed by atoms with E-state index in [0.29, 0.717) is 0 Å². The molecule has 1 aliphatic carbocycles. The Kier molecular flexibility index (Phi) is 5.34. The molecule has 2 atom stereocenters. The molecule has 2 nitrogen and oxygen atoms in total. The second-order valence-corrected chi connectivity index (χ2v) is 10.5. The smallest absolute Gasteiger partial charge is 0.177 e. The monoisotopic (exact) mass is 307 g/mol. The molecule has 21 heavy (non-hydrogen) atoms. The molecule has 1 saturated carbocycles. The van der Waals surface area contributed by atoms with E-state index in [-0.39, 0.29) is 0 Å². The average molecular weight is 307 g/mol. The van der Waals surface area contributed by atoms with E-state index in [9.17, 15) is 0 Å². The number of hydrogen-bond donors (Lipinski definition) is 0. The third kappa shape index (κ3) is 2.84. The number of rotatable bonds is 5. The van der Waals surface area contributed by atoms with Crippen molar-refractivity contribution in [1.29, 1.82) is 0 Å². The number of hydrogen-bond acceptors (Lipinski definition) is 2. The highest BCUT2D eigenvalue weighted by atomic mass is 31.2. The van der Waals surface area contributed by atoms with Crippen LogP contribution in [0.4, 0.5) is 0 Å². The quantitative estimate of drug-likeness (QED) is 0.540. The first-order valence-electron chi connectivity index (χ1n) is 9.43. The minimum Gasteiger partial charge on any atom is -0.177 e. The molecule has 0 aromatic heterocycles. The van der Waals surface area contributed by atoms with E-state index < -0.39 is 7.44 Å². The number of nitrogens with zero attached hydrogens (tertiary/aromatic N) is 2. The van der Waals surface area contributed by atoms with Crippen molar-refractivity contribution in [3.63, 3.8) is 0 Å². The van der Waals surface area contributed by atoms with Gasteiger partial charge in [-0.05, 0) is 64.2 Å². The molecule has 0 aromatic rings. The van der Waals surface area contributed by atoms with Crippen molar-refractivity contribution >= 4 is 15.0 Å². The van der Waals surface area contributed by atoms with Crippen molar-refractivity contribution < 1.29 is 0 Å². The Morgan fingerprint density at radius 1 is 0.810 bits per heavy atom. The molecule has 0 bridgehead atoms. The van der Waals surface area contributed by atoms with Gasteiger partial charge >= 0.3 is 7.57 Å². The third-order valence-electron chi connectivity index (χ3n) is 6.32. The molecule has 0 unspecified atom stereocenters. The molecular weight excluding hydrogens is 274 g/mol. The zero-order valence-electron chi connectivity index (χ0n) is 14.1. The predicted molar refractivity (Wildman–Crippen MR) is 95.0 cm³/mol. The van der Waals surface area contributed by atoms with E-state index >= 15 is 0 Å². The van der Waals surface area contributed by atoms with Gasteiger partial charge in [-0.1, -0.05) is 13.8 Å². The highest BCUT2D eigenvalue weighted by Crippen LogP contribution is 2.71. The maximum atomic E-state index is 7.41. The van der Waals surface area contributed by atoms with Gasteiger partial charge in [0.25, 0.3) is 0 Å². The van der Waals surface area contributed by atoms with E-state index in [0.717, 1.165) is 17.7 Å². The maximum Gasteiger partial charge on any atom is 0.409 e. The molecule has 0 N–H and O–H groups in total. The summed E-state index contributed by atoms with van der Waals surface area (Å²) >= 11 is 0. The van der Waals surface area contributed by atoms with Gasteiger partial charge in [-0.25, -0.2) is 0 Å². The van der Waals surface area contributed by atoms with Crippen molar-refractivity contribution in [1.82, 2.24) is 9.34 Å². The van der Waals surface area contributed by atoms with Crippen molar-refractivity contribution in [3.8, 4) is 0 Å². The standard InChI is InChI=1S/C17H33BN2P/c1-3-15-9-7-13-19(15)21(18,17-11-5-6-12-17)20-14-8-10-16(20)4-2/h15-17H,3-14H2,1-2H3/q+1/t15-,16-/m0/s1. The lowest BCUT2D eigenvalue weighted by Crippen LogP contribution is -2.45. The summed E-state index contributed by atoms with van der Waals surface area (Å²) in [4.78, 5) is 0. The van der Waals surface area contributed by atoms with Crippen LogP contribution < -0.4 is 0 Å². The molecule has 118 valence electrons. The fraction of sp³-hybridized carbons (Fsp3) is 1.00. The largest absolute Gasteiger partial charge is 0.409 e.